The van der Waals surface area contributed by atoms with Crippen molar-refractivity contribution >= 4 is 0 Å². The van der Waals surface area contributed by atoms with Gasteiger partial charge in [-0.1, -0.05) is 54.6 Å². The number of hydrogen-bond donors (Lipinski definition) is 1. The first-order chi connectivity index (χ1) is 13.9. The maximum Gasteiger partial charge on any atom is 0.0485 e. The molecule has 0 saturated carbocycles. The van der Waals surface area contributed by atoms with Gasteiger partial charge < -0.3 is 5.32 Å². The van der Waals surface area contributed by atoms with Gasteiger partial charge in [-0.05, 0) is 79.3 Å². The van der Waals surface area contributed by atoms with Crippen molar-refractivity contribution in [3.05, 3.63) is 89.2 Å². The van der Waals surface area contributed by atoms with Crippen LogP contribution >= 0.6 is 0 Å². The first kappa shape index (κ1) is 17.6. The monoisotopic (exact) mass is 368 g/mol. The number of piperidine rings is 1. The summed E-state index contributed by atoms with van der Waals surface area (Å²) >= 11 is 0. The third-order valence-corrected chi connectivity index (χ3v) is 6.59. The Morgan fingerprint density at radius 2 is 1.57 bits per heavy atom. The van der Waals surface area contributed by atoms with E-state index in [0.29, 0.717) is 0 Å². The summed E-state index contributed by atoms with van der Waals surface area (Å²) in [6.45, 7) is 1.23. The minimum absolute atomic E-state index is 0.763. The van der Waals surface area contributed by atoms with E-state index in [1.54, 1.807) is 11.1 Å². The number of benzene rings is 2. The van der Waals surface area contributed by atoms with E-state index in [2.05, 4.69) is 64.9 Å². The lowest BCUT2D eigenvalue weighted by Crippen LogP contribution is -2.42. The summed E-state index contributed by atoms with van der Waals surface area (Å²) in [6, 6.07) is 22.6. The van der Waals surface area contributed by atoms with Crippen molar-refractivity contribution in [3.63, 3.8) is 0 Å². The van der Waals surface area contributed by atoms with E-state index in [4.69, 9.17) is 0 Å². The van der Waals surface area contributed by atoms with Gasteiger partial charge in [-0.25, -0.2) is 0 Å². The van der Waals surface area contributed by atoms with Crippen LogP contribution in [0.2, 0.25) is 0 Å². The van der Waals surface area contributed by atoms with Crippen molar-refractivity contribution in [2.24, 2.45) is 0 Å². The number of aromatic nitrogens is 1. The molecule has 0 unspecified atom stereocenters. The molecule has 0 radical (unpaired) electrons. The molecular weight excluding hydrogens is 340 g/mol. The largest absolute Gasteiger partial charge is 0.313 e. The van der Waals surface area contributed by atoms with E-state index >= 15 is 0 Å². The van der Waals surface area contributed by atoms with E-state index in [0.717, 1.165) is 24.8 Å². The molecule has 28 heavy (non-hydrogen) atoms. The van der Waals surface area contributed by atoms with Crippen LogP contribution in [0.4, 0.5) is 0 Å². The Labute approximate surface area is 168 Å². The van der Waals surface area contributed by atoms with Gasteiger partial charge in [-0.15, -0.1) is 0 Å². The molecule has 2 heteroatoms. The Bertz CT molecular complexity index is 916. The lowest BCUT2D eigenvalue weighted by molar-refractivity contribution is 0.319. The molecule has 142 valence electrons. The van der Waals surface area contributed by atoms with Gasteiger partial charge in [-0.2, -0.15) is 0 Å². The number of rotatable bonds is 0. The average molecular weight is 369 g/mol. The maximum absolute atomic E-state index is 4.42. The maximum atomic E-state index is 4.42. The number of nitrogens with zero attached hydrogens (tertiary/aromatic N) is 1. The van der Waals surface area contributed by atoms with Gasteiger partial charge in [0.05, 0.1) is 0 Å². The summed E-state index contributed by atoms with van der Waals surface area (Å²) in [5.41, 5.74) is 8.59. The highest BCUT2D eigenvalue weighted by molar-refractivity contribution is 5.71. The van der Waals surface area contributed by atoms with Crippen LogP contribution in [-0.4, -0.2) is 17.6 Å². The normalized spacial score (nSPS) is 21.9. The highest BCUT2D eigenvalue weighted by Gasteiger charge is 2.30. The zero-order valence-corrected chi connectivity index (χ0v) is 16.4. The van der Waals surface area contributed by atoms with Crippen molar-refractivity contribution < 1.29 is 0 Å². The molecule has 0 spiro atoms. The topological polar surface area (TPSA) is 24.9 Å². The van der Waals surface area contributed by atoms with Crippen LogP contribution in [0.1, 0.15) is 47.6 Å². The molecule has 3 aliphatic rings. The van der Waals surface area contributed by atoms with E-state index in [-0.39, 0.29) is 0 Å². The Hall–Kier alpha value is -2.45. The minimum Gasteiger partial charge on any atom is -0.313 e. The van der Waals surface area contributed by atoms with Crippen LogP contribution < -0.4 is 5.32 Å². The van der Waals surface area contributed by atoms with Gasteiger partial charge in [-0.3, -0.25) is 4.98 Å². The highest BCUT2D eigenvalue weighted by Crippen LogP contribution is 2.36. The molecule has 6 rings (SSSR count). The molecule has 2 aromatic carbocycles. The van der Waals surface area contributed by atoms with Crippen LogP contribution in [-0.2, 0) is 19.3 Å². The molecule has 1 aromatic heterocycles. The summed E-state index contributed by atoms with van der Waals surface area (Å²) in [5.74, 6) is 0.800. The van der Waals surface area contributed by atoms with E-state index in [1.165, 1.54) is 54.6 Å². The number of hydrogen-bond acceptors (Lipinski definition) is 2. The van der Waals surface area contributed by atoms with Crippen molar-refractivity contribution in [1.29, 1.82) is 0 Å². The van der Waals surface area contributed by atoms with Gasteiger partial charge in [0.25, 0.3) is 0 Å². The number of aryl methyl sites for hydroxylation is 3. The van der Waals surface area contributed by atoms with Crippen molar-refractivity contribution in [1.82, 2.24) is 10.3 Å². The van der Waals surface area contributed by atoms with Crippen molar-refractivity contribution in [2.45, 2.75) is 50.5 Å². The summed E-state index contributed by atoms with van der Waals surface area (Å²) in [4.78, 5) is 4.42. The van der Waals surface area contributed by atoms with E-state index < -0.39 is 0 Å². The van der Waals surface area contributed by atoms with Crippen molar-refractivity contribution in [2.75, 3.05) is 6.54 Å². The Kier molecular flexibility index (Phi) is 4.97. The average Bonchev–Trinajstić information content (AvgIpc) is 2.79. The molecular formula is C26H28N2. The third-order valence-electron chi connectivity index (χ3n) is 6.59. The molecule has 2 nitrogen and oxygen atoms in total. The Balaban J connectivity index is 0.000000122. The summed E-state index contributed by atoms with van der Waals surface area (Å²) < 4.78 is 0. The lowest BCUT2D eigenvalue weighted by atomic mass is 9.75. The first-order valence-corrected chi connectivity index (χ1v) is 10.7. The van der Waals surface area contributed by atoms with Gasteiger partial charge in [0.1, 0.15) is 0 Å². The number of pyridine rings is 1. The molecule has 1 N–H and O–H groups in total. The molecule has 3 aromatic rings. The third kappa shape index (κ3) is 3.38. The number of fused-ring (bicyclic) bond motifs is 6. The fourth-order valence-electron chi connectivity index (χ4n) is 5.20. The predicted molar refractivity (Wildman–Crippen MR) is 116 cm³/mol. The lowest BCUT2D eigenvalue weighted by Gasteiger charge is -2.37. The van der Waals surface area contributed by atoms with Crippen LogP contribution in [0.25, 0.3) is 11.1 Å². The Morgan fingerprint density at radius 1 is 0.750 bits per heavy atom. The van der Waals surface area contributed by atoms with Crippen LogP contribution in [0.3, 0.4) is 0 Å². The highest BCUT2D eigenvalue weighted by atomic mass is 14.9. The van der Waals surface area contributed by atoms with Gasteiger partial charge in [0.2, 0.25) is 0 Å². The van der Waals surface area contributed by atoms with Crippen molar-refractivity contribution in [3.8, 4) is 11.1 Å². The van der Waals surface area contributed by atoms with Crippen LogP contribution in [0, 0.1) is 0 Å². The quantitative estimate of drug-likeness (QED) is 0.581. The van der Waals surface area contributed by atoms with Crippen LogP contribution in [0.15, 0.2) is 66.9 Å². The molecule has 0 amide bonds. The molecule has 1 aliphatic heterocycles. The van der Waals surface area contributed by atoms with E-state index in [1.807, 2.05) is 12.3 Å². The van der Waals surface area contributed by atoms with Gasteiger partial charge in [0.15, 0.2) is 0 Å². The molecule has 2 atom stereocenters. The van der Waals surface area contributed by atoms with E-state index in [9.17, 15) is 0 Å². The smallest absolute Gasteiger partial charge is 0.0485 e. The van der Waals surface area contributed by atoms with Gasteiger partial charge >= 0.3 is 0 Å². The summed E-state index contributed by atoms with van der Waals surface area (Å²) in [6.07, 6.45) is 9.41. The van der Waals surface area contributed by atoms with Gasteiger partial charge in [0, 0.05) is 23.5 Å². The second-order valence-electron chi connectivity index (χ2n) is 8.20. The fraction of sp³-hybridized carbons (Fsp3) is 0.346. The zero-order chi connectivity index (χ0) is 18.8. The number of nitrogens with one attached hydrogen (secondary N) is 1. The second kappa shape index (κ2) is 7.89. The predicted octanol–water partition coefficient (Wildman–Crippen LogP) is 5.32. The zero-order valence-electron chi connectivity index (χ0n) is 16.4. The molecule has 2 aliphatic carbocycles. The SMILES string of the molecule is c1ccc2c(c1)CC[C@@H]1NCCC[C@@H]21.c1ccc2c(c1)CCc1ncccc1-2. The Morgan fingerprint density at radius 3 is 2.54 bits per heavy atom. The summed E-state index contributed by atoms with van der Waals surface area (Å²) in [5, 5.41) is 3.66. The minimum atomic E-state index is 0.763. The standard InChI is InChI=1S/C13H17N.C13H11N/c2*1-2-5-11-10(4-1)7-8-13-12(11)6-3-9-14-13/h1-2,4-5,12-14H,3,6-9H2;1-6,9H,7-8H2/t12-,13-;/m0./s1. The molecule has 1 fully saturated rings. The fourth-order valence-corrected chi connectivity index (χ4v) is 5.20. The second-order valence-corrected chi connectivity index (χ2v) is 8.20. The molecule has 2 heterocycles. The molecule has 1 saturated heterocycles. The molecule has 0 bridgehead atoms. The first-order valence-electron chi connectivity index (χ1n) is 10.7. The van der Waals surface area contributed by atoms with Crippen LogP contribution in [0.5, 0.6) is 0 Å². The summed E-state index contributed by atoms with van der Waals surface area (Å²) in [7, 11) is 0.